The number of hydrogen-bond donors (Lipinski definition) is 3. The molecular formula is C11H13ClN4O3S. The Morgan fingerprint density at radius 1 is 1.50 bits per heavy atom. The first kappa shape index (κ1) is 14.9. The van der Waals surface area contributed by atoms with Crippen LogP contribution in [-0.4, -0.2) is 28.7 Å². The number of nitrogens with one attached hydrogen (secondary N) is 2. The van der Waals surface area contributed by atoms with Crippen LogP contribution in [0.1, 0.15) is 24.4 Å². The Balaban J connectivity index is 2.26. The van der Waals surface area contributed by atoms with Gasteiger partial charge in [-0.15, -0.1) is 0 Å². The predicted octanol–water partition coefficient (Wildman–Crippen LogP) is 0.990. The molecule has 1 aromatic carbocycles. The summed E-state index contributed by atoms with van der Waals surface area (Å²) in [5.74, 6) is 0.407. The molecule has 0 saturated carbocycles. The third-order valence-electron chi connectivity index (χ3n) is 2.67. The maximum atomic E-state index is 12.2. The van der Waals surface area contributed by atoms with Crippen molar-refractivity contribution >= 4 is 21.6 Å². The lowest BCUT2D eigenvalue weighted by atomic mass is 10.2. The van der Waals surface area contributed by atoms with E-state index in [0.29, 0.717) is 16.4 Å². The van der Waals surface area contributed by atoms with E-state index in [-0.39, 0.29) is 11.5 Å². The van der Waals surface area contributed by atoms with Crippen LogP contribution in [0.2, 0.25) is 5.02 Å². The molecule has 2 aromatic rings. The van der Waals surface area contributed by atoms with E-state index in [1.165, 1.54) is 24.5 Å². The van der Waals surface area contributed by atoms with Crippen molar-refractivity contribution in [2.24, 2.45) is 0 Å². The molecular weight excluding hydrogens is 304 g/mol. The zero-order valence-electron chi connectivity index (χ0n) is 10.5. The Morgan fingerprint density at radius 3 is 2.85 bits per heavy atom. The molecule has 0 amide bonds. The van der Waals surface area contributed by atoms with Crippen LogP contribution in [0.3, 0.4) is 0 Å². The highest BCUT2D eigenvalue weighted by Crippen LogP contribution is 2.21. The van der Waals surface area contributed by atoms with E-state index in [0.717, 1.165) is 0 Å². The van der Waals surface area contributed by atoms with E-state index in [9.17, 15) is 8.42 Å². The van der Waals surface area contributed by atoms with Gasteiger partial charge in [-0.3, -0.25) is 5.10 Å². The van der Waals surface area contributed by atoms with Crippen molar-refractivity contribution in [2.45, 2.75) is 24.5 Å². The highest BCUT2D eigenvalue weighted by atomic mass is 35.5. The minimum atomic E-state index is -3.74. The topological polar surface area (TPSA) is 108 Å². The SMILES string of the molecule is CC(NS(=O)(=O)c1ccc(Cl)c(CO)c1)c1ncn[nH]1. The summed E-state index contributed by atoms with van der Waals surface area (Å²) in [5, 5.41) is 15.7. The Bertz CT molecular complexity index is 688. The third kappa shape index (κ3) is 3.15. The molecule has 3 N–H and O–H groups in total. The summed E-state index contributed by atoms with van der Waals surface area (Å²) in [6.07, 6.45) is 1.30. The second-order valence-electron chi connectivity index (χ2n) is 4.13. The van der Waals surface area contributed by atoms with Gasteiger partial charge >= 0.3 is 0 Å². The number of aromatic nitrogens is 3. The van der Waals surface area contributed by atoms with Crippen molar-refractivity contribution in [3.8, 4) is 0 Å². The lowest BCUT2D eigenvalue weighted by Crippen LogP contribution is -2.27. The normalized spacial score (nSPS) is 13.3. The highest BCUT2D eigenvalue weighted by Gasteiger charge is 2.20. The number of benzene rings is 1. The smallest absolute Gasteiger partial charge is 0.241 e. The Morgan fingerprint density at radius 2 is 2.25 bits per heavy atom. The molecule has 9 heteroatoms. The number of aliphatic hydroxyl groups excluding tert-OH is 1. The average molecular weight is 317 g/mol. The molecule has 0 fully saturated rings. The quantitative estimate of drug-likeness (QED) is 0.762. The number of sulfonamides is 1. The van der Waals surface area contributed by atoms with E-state index in [4.69, 9.17) is 16.7 Å². The van der Waals surface area contributed by atoms with Gasteiger partial charge in [-0.25, -0.2) is 18.1 Å². The summed E-state index contributed by atoms with van der Waals surface area (Å²) in [6.45, 7) is 1.31. The third-order valence-corrected chi connectivity index (χ3v) is 4.58. The van der Waals surface area contributed by atoms with E-state index >= 15 is 0 Å². The molecule has 1 unspecified atom stereocenters. The second-order valence-corrected chi connectivity index (χ2v) is 6.25. The Hall–Kier alpha value is -1.48. The molecule has 1 aromatic heterocycles. The number of aromatic amines is 1. The van der Waals surface area contributed by atoms with Gasteiger partial charge in [-0.05, 0) is 30.7 Å². The van der Waals surface area contributed by atoms with Crippen LogP contribution in [0.5, 0.6) is 0 Å². The standard InChI is InChI=1S/C11H13ClN4O3S/c1-7(11-13-6-14-15-11)16-20(18,19)9-2-3-10(12)8(4-9)5-17/h2-4,6-7,16-17H,5H2,1H3,(H,13,14,15). The summed E-state index contributed by atoms with van der Waals surface area (Å²) >= 11 is 5.83. The summed E-state index contributed by atoms with van der Waals surface area (Å²) in [6, 6.07) is 3.57. The fraction of sp³-hybridized carbons (Fsp3) is 0.273. The van der Waals surface area contributed by atoms with Crippen molar-refractivity contribution in [1.29, 1.82) is 0 Å². The lowest BCUT2D eigenvalue weighted by Gasteiger charge is -2.12. The maximum Gasteiger partial charge on any atom is 0.241 e. The van der Waals surface area contributed by atoms with Crippen LogP contribution in [0, 0.1) is 0 Å². The van der Waals surface area contributed by atoms with Gasteiger partial charge in [-0.1, -0.05) is 11.6 Å². The van der Waals surface area contributed by atoms with Crippen LogP contribution < -0.4 is 4.72 Å². The van der Waals surface area contributed by atoms with Crippen molar-refractivity contribution in [3.63, 3.8) is 0 Å². The minimum absolute atomic E-state index is 0.0253. The molecule has 20 heavy (non-hydrogen) atoms. The zero-order valence-corrected chi connectivity index (χ0v) is 12.1. The largest absolute Gasteiger partial charge is 0.392 e. The van der Waals surface area contributed by atoms with Gasteiger partial charge in [0, 0.05) is 5.02 Å². The van der Waals surface area contributed by atoms with Crippen molar-refractivity contribution in [1.82, 2.24) is 19.9 Å². The average Bonchev–Trinajstić information content (AvgIpc) is 2.92. The fourth-order valence-electron chi connectivity index (χ4n) is 1.62. The van der Waals surface area contributed by atoms with Gasteiger partial charge in [0.15, 0.2) is 0 Å². The van der Waals surface area contributed by atoms with Gasteiger partial charge in [0.25, 0.3) is 0 Å². The van der Waals surface area contributed by atoms with E-state index in [2.05, 4.69) is 19.9 Å². The maximum absolute atomic E-state index is 12.2. The number of rotatable bonds is 5. The Labute approximate surface area is 121 Å². The number of nitrogens with zero attached hydrogens (tertiary/aromatic N) is 2. The van der Waals surface area contributed by atoms with Gasteiger partial charge in [0.05, 0.1) is 17.5 Å². The van der Waals surface area contributed by atoms with Gasteiger partial charge < -0.3 is 5.11 Å². The van der Waals surface area contributed by atoms with Crippen molar-refractivity contribution < 1.29 is 13.5 Å². The number of halogens is 1. The molecule has 1 atom stereocenters. The number of hydrogen-bond acceptors (Lipinski definition) is 5. The highest BCUT2D eigenvalue weighted by molar-refractivity contribution is 7.89. The summed E-state index contributed by atoms with van der Waals surface area (Å²) in [7, 11) is -3.74. The molecule has 7 nitrogen and oxygen atoms in total. The molecule has 0 spiro atoms. The minimum Gasteiger partial charge on any atom is -0.392 e. The van der Waals surface area contributed by atoms with Gasteiger partial charge in [0.2, 0.25) is 10.0 Å². The first-order chi connectivity index (χ1) is 9.44. The van der Waals surface area contributed by atoms with Crippen LogP contribution in [0.4, 0.5) is 0 Å². The second kappa shape index (κ2) is 5.88. The van der Waals surface area contributed by atoms with Gasteiger partial charge in [-0.2, -0.15) is 5.10 Å². The molecule has 0 aliphatic rings. The number of H-pyrrole nitrogens is 1. The van der Waals surface area contributed by atoms with E-state index < -0.39 is 16.1 Å². The lowest BCUT2D eigenvalue weighted by molar-refractivity contribution is 0.281. The van der Waals surface area contributed by atoms with Crippen molar-refractivity contribution in [2.75, 3.05) is 0 Å². The summed E-state index contributed by atoms with van der Waals surface area (Å²) < 4.78 is 26.9. The van der Waals surface area contributed by atoms with Crippen LogP contribution in [-0.2, 0) is 16.6 Å². The molecule has 0 aliphatic carbocycles. The Kier molecular flexibility index (Phi) is 4.39. The first-order valence-corrected chi connectivity index (χ1v) is 7.57. The molecule has 0 radical (unpaired) electrons. The van der Waals surface area contributed by atoms with E-state index in [1.54, 1.807) is 6.92 Å². The monoisotopic (exact) mass is 316 g/mol. The molecule has 2 rings (SSSR count). The summed E-state index contributed by atoms with van der Waals surface area (Å²) in [4.78, 5) is 3.91. The molecule has 0 saturated heterocycles. The molecule has 0 aliphatic heterocycles. The van der Waals surface area contributed by atoms with Gasteiger partial charge in [0.1, 0.15) is 12.2 Å². The fourth-order valence-corrected chi connectivity index (χ4v) is 3.05. The predicted molar refractivity (Wildman–Crippen MR) is 72.5 cm³/mol. The van der Waals surface area contributed by atoms with E-state index in [1.807, 2.05) is 0 Å². The van der Waals surface area contributed by atoms with Crippen molar-refractivity contribution in [3.05, 3.63) is 40.9 Å². The molecule has 0 bridgehead atoms. The van der Waals surface area contributed by atoms with Crippen LogP contribution in [0.15, 0.2) is 29.4 Å². The molecule has 108 valence electrons. The van der Waals surface area contributed by atoms with Crippen LogP contribution in [0.25, 0.3) is 0 Å². The first-order valence-electron chi connectivity index (χ1n) is 5.71. The molecule has 1 heterocycles. The number of aliphatic hydroxyl groups is 1. The summed E-state index contributed by atoms with van der Waals surface area (Å²) in [5.41, 5.74) is 0.349. The zero-order chi connectivity index (χ0) is 14.8. The van der Waals surface area contributed by atoms with Crippen LogP contribution >= 0.6 is 11.6 Å².